The number of halogens is 2. The van der Waals surface area contributed by atoms with Gasteiger partial charge in [0.25, 0.3) is 0 Å². The van der Waals surface area contributed by atoms with Crippen LogP contribution in [0, 0.1) is 6.92 Å². The third-order valence-electron chi connectivity index (χ3n) is 3.58. The highest BCUT2D eigenvalue weighted by atomic mass is 35.5. The minimum Gasteiger partial charge on any atom is -0.340 e. The summed E-state index contributed by atoms with van der Waals surface area (Å²) in [7, 11) is 1.97. The first-order valence-electron chi connectivity index (χ1n) is 7.83. The number of aryl methyl sites for hydroxylation is 1. The molecule has 0 fully saturated rings. The Morgan fingerprint density at radius 3 is 2.32 bits per heavy atom. The molecule has 4 nitrogen and oxygen atoms in total. The lowest BCUT2D eigenvalue weighted by Crippen LogP contribution is -2.19. The molecule has 0 spiro atoms. The van der Waals surface area contributed by atoms with E-state index in [0.717, 1.165) is 17.9 Å². The normalized spacial score (nSPS) is 10.6. The summed E-state index contributed by atoms with van der Waals surface area (Å²) < 4.78 is 0. The number of hydrogen-bond donors (Lipinski definition) is 1. The zero-order chi connectivity index (χ0) is 17.8. The minimum absolute atomic E-state index is 0.571. The SMILES string of the molecule is Cc1cc(Nc2cc(Cl)cc(Cl)c2)nc(N(C)Cc2ccccc2)n1. The van der Waals surface area contributed by atoms with Gasteiger partial charge in [0.05, 0.1) is 0 Å². The van der Waals surface area contributed by atoms with Crippen molar-refractivity contribution in [2.24, 2.45) is 0 Å². The van der Waals surface area contributed by atoms with Crippen LogP contribution in [0.4, 0.5) is 17.5 Å². The number of benzene rings is 2. The molecular weight excluding hydrogens is 355 g/mol. The highest BCUT2D eigenvalue weighted by Gasteiger charge is 2.09. The first-order valence-corrected chi connectivity index (χ1v) is 8.59. The van der Waals surface area contributed by atoms with Gasteiger partial charge in [-0.1, -0.05) is 53.5 Å². The van der Waals surface area contributed by atoms with E-state index in [4.69, 9.17) is 23.2 Å². The summed E-state index contributed by atoms with van der Waals surface area (Å²) >= 11 is 12.1. The Labute approximate surface area is 157 Å². The molecule has 128 valence electrons. The van der Waals surface area contributed by atoms with Crippen LogP contribution in [0.3, 0.4) is 0 Å². The first-order chi connectivity index (χ1) is 12.0. The largest absolute Gasteiger partial charge is 0.340 e. The molecule has 1 heterocycles. The molecule has 0 amide bonds. The van der Waals surface area contributed by atoms with E-state index in [1.807, 2.05) is 43.1 Å². The maximum Gasteiger partial charge on any atom is 0.227 e. The third kappa shape index (κ3) is 4.84. The van der Waals surface area contributed by atoms with Crippen LogP contribution in [-0.4, -0.2) is 17.0 Å². The van der Waals surface area contributed by atoms with E-state index in [1.54, 1.807) is 18.2 Å². The quantitative estimate of drug-likeness (QED) is 0.644. The average molecular weight is 373 g/mol. The summed E-state index contributed by atoms with van der Waals surface area (Å²) in [5, 5.41) is 4.38. The Hall–Kier alpha value is -2.30. The number of nitrogens with zero attached hydrogens (tertiary/aromatic N) is 3. The van der Waals surface area contributed by atoms with Gasteiger partial charge in [0, 0.05) is 41.1 Å². The molecule has 25 heavy (non-hydrogen) atoms. The van der Waals surface area contributed by atoms with Gasteiger partial charge in [-0.3, -0.25) is 0 Å². The van der Waals surface area contributed by atoms with Gasteiger partial charge in [0.1, 0.15) is 5.82 Å². The Bertz CT molecular complexity index is 848. The molecule has 0 radical (unpaired) electrons. The van der Waals surface area contributed by atoms with E-state index in [2.05, 4.69) is 27.4 Å². The van der Waals surface area contributed by atoms with Gasteiger partial charge in [-0.05, 0) is 30.7 Å². The Morgan fingerprint density at radius 1 is 0.960 bits per heavy atom. The Balaban J connectivity index is 1.82. The predicted molar refractivity (Wildman–Crippen MR) is 105 cm³/mol. The molecule has 0 bridgehead atoms. The fraction of sp³-hybridized carbons (Fsp3) is 0.158. The fourth-order valence-corrected chi connectivity index (χ4v) is 3.02. The van der Waals surface area contributed by atoms with Gasteiger partial charge in [-0.15, -0.1) is 0 Å². The molecule has 0 saturated carbocycles. The number of nitrogens with one attached hydrogen (secondary N) is 1. The van der Waals surface area contributed by atoms with Crippen LogP contribution in [0.15, 0.2) is 54.6 Å². The van der Waals surface area contributed by atoms with Crippen molar-refractivity contribution >= 4 is 40.7 Å². The fourth-order valence-electron chi connectivity index (χ4n) is 2.49. The molecule has 6 heteroatoms. The first kappa shape index (κ1) is 17.5. The second kappa shape index (κ2) is 7.72. The molecule has 1 aromatic heterocycles. The van der Waals surface area contributed by atoms with Crippen molar-refractivity contribution < 1.29 is 0 Å². The summed E-state index contributed by atoms with van der Waals surface area (Å²) in [4.78, 5) is 11.1. The molecular formula is C19H18Cl2N4. The molecule has 0 unspecified atom stereocenters. The summed E-state index contributed by atoms with van der Waals surface area (Å²) in [5.41, 5.74) is 2.86. The van der Waals surface area contributed by atoms with Crippen molar-refractivity contribution in [2.75, 3.05) is 17.3 Å². The lowest BCUT2D eigenvalue weighted by Gasteiger charge is -2.18. The molecule has 2 aromatic carbocycles. The van der Waals surface area contributed by atoms with Crippen molar-refractivity contribution in [1.82, 2.24) is 9.97 Å². The van der Waals surface area contributed by atoms with Crippen LogP contribution >= 0.6 is 23.2 Å². The minimum atomic E-state index is 0.571. The highest BCUT2D eigenvalue weighted by molar-refractivity contribution is 6.35. The summed E-state index contributed by atoms with van der Waals surface area (Å²) in [6.07, 6.45) is 0. The van der Waals surface area contributed by atoms with Crippen LogP contribution < -0.4 is 10.2 Å². The van der Waals surface area contributed by atoms with Crippen LogP contribution in [0.5, 0.6) is 0 Å². The van der Waals surface area contributed by atoms with E-state index in [9.17, 15) is 0 Å². The Morgan fingerprint density at radius 2 is 1.64 bits per heavy atom. The van der Waals surface area contributed by atoms with Crippen LogP contribution in [0.1, 0.15) is 11.3 Å². The molecule has 0 aliphatic carbocycles. The monoisotopic (exact) mass is 372 g/mol. The maximum atomic E-state index is 6.05. The second-order valence-corrected chi connectivity index (χ2v) is 6.69. The van der Waals surface area contributed by atoms with E-state index < -0.39 is 0 Å². The number of aromatic nitrogens is 2. The van der Waals surface area contributed by atoms with Gasteiger partial charge in [0.15, 0.2) is 0 Å². The van der Waals surface area contributed by atoms with E-state index in [0.29, 0.717) is 21.8 Å². The molecule has 1 N–H and O–H groups in total. The molecule has 0 aliphatic heterocycles. The number of rotatable bonds is 5. The average Bonchev–Trinajstić information content (AvgIpc) is 2.54. The molecule has 0 atom stereocenters. The molecule has 0 aliphatic rings. The van der Waals surface area contributed by atoms with Gasteiger partial charge in [0.2, 0.25) is 5.95 Å². The zero-order valence-corrected chi connectivity index (χ0v) is 15.5. The predicted octanol–water partition coefficient (Wildman–Crippen LogP) is 5.47. The summed E-state index contributed by atoms with van der Waals surface area (Å²) in [5.74, 6) is 1.35. The molecule has 3 aromatic rings. The van der Waals surface area contributed by atoms with Crippen molar-refractivity contribution in [3.05, 3.63) is 75.9 Å². The highest BCUT2D eigenvalue weighted by Crippen LogP contribution is 2.25. The van der Waals surface area contributed by atoms with E-state index in [1.165, 1.54) is 5.56 Å². The standard InChI is InChI=1S/C19H18Cl2N4/c1-13-8-18(23-17-10-15(20)9-16(21)11-17)24-19(22-13)25(2)12-14-6-4-3-5-7-14/h3-11H,12H2,1-2H3,(H,22,23,24). The second-order valence-electron chi connectivity index (χ2n) is 5.82. The maximum absolute atomic E-state index is 6.05. The molecule has 3 rings (SSSR count). The third-order valence-corrected chi connectivity index (χ3v) is 4.02. The van der Waals surface area contributed by atoms with Crippen molar-refractivity contribution in [3.63, 3.8) is 0 Å². The lowest BCUT2D eigenvalue weighted by atomic mass is 10.2. The van der Waals surface area contributed by atoms with E-state index in [-0.39, 0.29) is 0 Å². The van der Waals surface area contributed by atoms with Crippen LogP contribution in [0.2, 0.25) is 10.0 Å². The van der Waals surface area contributed by atoms with Crippen molar-refractivity contribution in [2.45, 2.75) is 13.5 Å². The van der Waals surface area contributed by atoms with E-state index >= 15 is 0 Å². The zero-order valence-electron chi connectivity index (χ0n) is 14.0. The van der Waals surface area contributed by atoms with Crippen LogP contribution in [0.25, 0.3) is 0 Å². The number of anilines is 3. The topological polar surface area (TPSA) is 41.1 Å². The lowest BCUT2D eigenvalue weighted by molar-refractivity contribution is 0.861. The Kier molecular flexibility index (Phi) is 5.41. The van der Waals surface area contributed by atoms with Crippen molar-refractivity contribution in [1.29, 1.82) is 0 Å². The summed E-state index contributed by atoms with van der Waals surface area (Å²) in [6.45, 7) is 2.67. The van der Waals surface area contributed by atoms with Crippen molar-refractivity contribution in [3.8, 4) is 0 Å². The smallest absolute Gasteiger partial charge is 0.227 e. The molecule has 0 saturated heterocycles. The number of hydrogen-bond acceptors (Lipinski definition) is 4. The van der Waals surface area contributed by atoms with Gasteiger partial charge in [-0.25, -0.2) is 4.98 Å². The van der Waals surface area contributed by atoms with Gasteiger partial charge in [-0.2, -0.15) is 4.98 Å². The van der Waals surface area contributed by atoms with Gasteiger partial charge >= 0.3 is 0 Å². The van der Waals surface area contributed by atoms with Gasteiger partial charge < -0.3 is 10.2 Å². The van der Waals surface area contributed by atoms with Crippen LogP contribution in [-0.2, 0) is 6.54 Å². The summed E-state index contributed by atoms with van der Waals surface area (Å²) in [6, 6.07) is 17.4.